The third-order valence-corrected chi connectivity index (χ3v) is 15.8. The molecule has 5 atom stereocenters. The number of carbonyl (C=O) groups is 2. The number of hydrogen-bond acceptors (Lipinski definition) is 9. The van der Waals surface area contributed by atoms with Crippen LogP contribution in [0.1, 0.15) is 115 Å². The van der Waals surface area contributed by atoms with Crippen molar-refractivity contribution in [3.05, 3.63) is 23.8 Å². The summed E-state index contributed by atoms with van der Waals surface area (Å²) in [4.78, 5) is 24.2. The van der Waals surface area contributed by atoms with Crippen LogP contribution in [0.5, 0.6) is 0 Å². The average Bonchev–Trinajstić information content (AvgIpc) is 3.49. The summed E-state index contributed by atoms with van der Waals surface area (Å²) in [6.45, 7) is 27.7. The van der Waals surface area contributed by atoms with Crippen LogP contribution in [-0.2, 0) is 42.4 Å². The SMILES string of the molecule is CCOC(=O)/C(C)=C/[C@H](C)C[C@H](OCOC)[C@H](/C=C/CC[C@H](C)C1(CC[C@H](C)CO[Si](C(C)C)(C(C)C)C(C)C)OCCO1)OC(C)=O. The first kappa shape index (κ1) is 44.5. The van der Waals surface area contributed by atoms with Crippen molar-refractivity contribution in [3.8, 4) is 0 Å². The lowest BCUT2D eigenvalue weighted by Crippen LogP contribution is -2.48. The zero-order chi connectivity index (χ0) is 36.5. The van der Waals surface area contributed by atoms with Gasteiger partial charge in [-0.25, -0.2) is 4.79 Å². The Bertz CT molecular complexity index is 965. The molecule has 1 aliphatic heterocycles. The molecule has 10 heteroatoms. The molecule has 0 aliphatic carbocycles. The molecule has 1 fully saturated rings. The first-order valence-corrected chi connectivity index (χ1v) is 20.4. The summed E-state index contributed by atoms with van der Waals surface area (Å²) < 4.78 is 41.5. The third kappa shape index (κ3) is 14.0. The normalized spacial score (nSPS) is 18.8. The molecule has 9 nitrogen and oxygen atoms in total. The molecule has 0 saturated carbocycles. The molecule has 1 saturated heterocycles. The summed E-state index contributed by atoms with van der Waals surface area (Å²) in [7, 11) is -0.358. The van der Waals surface area contributed by atoms with Crippen LogP contribution >= 0.6 is 0 Å². The fourth-order valence-corrected chi connectivity index (χ4v) is 12.9. The molecule has 1 heterocycles. The maximum Gasteiger partial charge on any atom is 0.333 e. The van der Waals surface area contributed by atoms with Gasteiger partial charge in [-0.1, -0.05) is 74.5 Å². The quantitative estimate of drug-likeness (QED) is 0.0322. The van der Waals surface area contributed by atoms with Crippen LogP contribution in [0.2, 0.25) is 16.6 Å². The number of rotatable bonds is 24. The van der Waals surface area contributed by atoms with Gasteiger partial charge in [0, 0.05) is 38.6 Å². The summed E-state index contributed by atoms with van der Waals surface area (Å²) >= 11 is 0. The van der Waals surface area contributed by atoms with Crippen LogP contribution < -0.4 is 0 Å². The highest BCUT2D eigenvalue weighted by Crippen LogP contribution is 2.43. The Balaban J connectivity index is 2.93. The molecule has 1 rings (SSSR count). The second kappa shape index (κ2) is 22.3. The van der Waals surface area contributed by atoms with Crippen molar-refractivity contribution in [1.82, 2.24) is 0 Å². The molecule has 0 aromatic rings. The van der Waals surface area contributed by atoms with Gasteiger partial charge in [-0.3, -0.25) is 4.79 Å². The summed E-state index contributed by atoms with van der Waals surface area (Å²) in [6, 6.07) is 0. The Labute approximate surface area is 293 Å². The summed E-state index contributed by atoms with van der Waals surface area (Å²) in [5.74, 6) is -0.814. The van der Waals surface area contributed by atoms with Gasteiger partial charge >= 0.3 is 11.9 Å². The Hall–Kier alpha value is -1.56. The van der Waals surface area contributed by atoms with E-state index >= 15 is 0 Å². The van der Waals surface area contributed by atoms with E-state index in [1.807, 2.05) is 25.2 Å². The number of hydrogen-bond donors (Lipinski definition) is 0. The van der Waals surface area contributed by atoms with E-state index < -0.39 is 32.3 Å². The predicted octanol–water partition coefficient (Wildman–Crippen LogP) is 8.77. The van der Waals surface area contributed by atoms with Gasteiger partial charge in [0.2, 0.25) is 0 Å². The molecule has 0 N–H and O–H groups in total. The molecule has 0 bridgehead atoms. The monoisotopic (exact) mass is 698 g/mol. The van der Waals surface area contributed by atoms with Crippen LogP contribution in [-0.4, -0.2) is 78.6 Å². The minimum atomic E-state index is -1.91. The molecule has 0 aromatic carbocycles. The van der Waals surface area contributed by atoms with Gasteiger partial charge in [-0.15, -0.1) is 0 Å². The van der Waals surface area contributed by atoms with E-state index in [-0.39, 0.29) is 24.6 Å². The van der Waals surface area contributed by atoms with Crippen molar-refractivity contribution < 1.29 is 42.4 Å². The molecule has 0 amide bonds. The lowest BCUT2D eigenvalue weighted by atomic mass is 9.89. The lowest BCUT2D eigenvalue weighted by molar-refractivity contribution is -0.199. The lowest BCUT2D eigenvalue weighted by Gasteiger charge is -2.43. The summed E-state index contributed by atoms with van der Waals surface area (Å²) in [5.41, 5.74) is 2.23. The minimum Gasteiger partial charge on any atom is -0.463 e. The minimum absolute atomic E-state index is 0.0352. The molecular formula is C38H70O9Si. The van der Waals surface area contributed by atoms with E-state index in [4.69, 9.17) is 32.8 Å². The van der Waals surface area contributed by atoms with Crippen molar-refractivity contribution in [2.75, 3.05) is 40.3 Å². The predicted molar refractivity (Wildman–Crippen MR) is 194 cm³/mol. The zero-order valence-electron chi connectivity index (χ0n) is 32.6. The zero-order valence-corrected chi connectivity index (χ0v) is 33.6. The highest BCUT2D eigenvalue weighted by Gasteiger charge is 2.46. The van der Waals surface area contributed by atoms with Gasteiger partial charge in [0.15, 0.2) is 14.1 Å². The topological polar surface area (TPSA) is 98.8 Å². The fraction of sp³-hybridized carbons (Fsp3) is 0.842. The Morgan fingerprint density at radius 2 is 1.52 bits per heavy atom. The van der Waals surface area contributed by atoms with Crippen LogP contribution in [0.3, 0.4) is 0 Å². The second-order valence-electron chi connectivity index (χ2n) is 14.7. The Kier molecular flexibility index (Phi) is 20.7. The maximum atomic E-state index is 12.1. The fourth-order valence-electron chi connectivity index (χ4n) is 7.32. The highest BCUT2D eigenvalue weighted by molar-refractivity contribution is 6.77. The van der Waals surface area contributed by atoms with Crippen molar-refractivity contribution in [1.29, 1.82) is 0 Å². The molecule has 0 spiro atoms. The summed E-state index contributed by atoms with van der Waals surface area (Å²) in [6.07, 6.45) is 8.64. The van der Waals surface area contributed by atoms with Gasteiger partial charge in [0.1, 0.15) is 19.0 Å². The van der Waals surface area contributed by atoms with Gasteiger partial charge in [-0.2, -0.15) is 0 Å². The first-order valence-electron chi connectivity index (χ1n) is 18.3. The number of allylic oxidation sites excluding steroid dienone is 2. The van der Waals surface area contributed by atoms with Crippen LogP contribution in [0.15, 0.2) is 23.8 Å². The van der Waals surface area contributed by atoms with Crippen LogP contribution in [0, 0.1) is 17.8 Å². The maximum absolute atomic E-state index is 12.1. The van der Waals surface area contributed by atoms with Gasteiger partial charge in [-0.05, 0) is 74.1 Å². The van der Waals surface area contributed by atoms with Crippen molar-refractivity contribution in [2.24, 2.45) is 17.8 Å². The molecular weight excluding hydrogens is 628 g/mol. The molecule has 0 radical (unpaired) electrons. The summed E-state index contributed by atoms with van der Waals surface area (Å²) in [5, 5.41) is 0. The highest BCUT2D eigenvalue weighted by atomic mass is 28.4. The molecule has 0 aromatic heterocycles. The number of methoxy groups -OCH3 is 1. The van der Waals surface area contributed by atoms with Crippen molar-refractivity contribution in [2.45, 2.75) is 150 Å². The number of carbonyl (C=O) groups excluding carboxylic acids is 2. The standard InChI is InChI=1S/C38H70O9Si/c1-14-42-37(40)32(10)23-31(9)24-36(43-26-41-13)35(47-34(12)39)18-16-15-17-33(11)38(44-21-22-45-38)20-19-30(8)25-46-48(27(2)3,28(4)5)29(6)7/h16,18,23,27-31,33,35-36H,14-15,17,19-22,24-26H2,1-13H3/b18-16+,32-23+/t30-,31-,33-,35-,36-/m0/s1. The molecule has 280 valence electrons. The van der Waals surface area contributed by atoms with E-state index in [1.54, 1.807) is 21.0 Å². The van der Waals surface area contributed by atoms with Crippen molar-refractivity contribution in [3.63, 3.8) is 0 Å². The Morgan fingerprint density at radius 3 is 2.04 bits per heavy atom. The van der Waals surface area contributed by atoms with E-state index in [0.29, 0.717) is 54.4 Å². The van der Waals surface area contributed by atoms with E-state index in [9.17, 15) is 9.59 Å². The molecule has 0 unspecified atom stereocenters. The van der Waals surface area contributed by atoms with E-state index in [2.05, 4.69) is 55.4 Å². The van der Waals surface area contributed by atoms with Crippen LogP contribution in [0.25, 0.3) is 0 Å². The largest absolute Gasteiger partial charge is 0.463 e. The second-order valence-corrected chi connectivity index (χ2v) is 20.1. The number of ether oxygens (including phenoxy) is 6. The smallest absolute Gasteiger partial charge is 0.333 e. The average molecular weight is 699 g/mol. The van der Waals surface area contributed by atoms with Gasteiger partial charge < -0.3 is 32.8 Å². The Morgan fingerprint density at radius 1 is 0.917 bits per heavy atom. The van der Waals surface area contributed by atoms with Crippen molar-refractivity contribution >= 4 is 20.3 Å². The molecule has 48 heavy (non-hydrogen) atoms. The van der Waals surface area contributed by atoms with Gasteiger partial charge in [0.05, 0.1) is 19.8 Å². The number of esters is 2. The molecule has 1 aliphatic rings. The third-order valence-electron chi connectivity index (χ3n) is 9.73. The van der Waals surface area contributed by atoms with E-state index in [0.717, 1.165) is 32.3 Å². The van der Waals surface area contributed by atoms with Crippen LogP contribution in [0.4, 0.5) is 0 Å². The first-order chi connectivity index (χ1) is 22.6. The van der Waals surface area contributed by atoms with E-state index in [1.165, 1.54) is 6.92 Å². The van der Waals surface area contributed by atoms with Gasteiger partial charge in [0.25, 0.3) is 0 Å².